The Hall–Kier alpha value is -2.30. The molecule has 0 aliphatic rings. The summed E-state index contributed by atoms with van der Waals surface area (Å²) in [6.45, 7) is 2.67. The minimum Gasteiger partial charge on any atom is -0.454 e. The summed E-state index contributed by atoms with van der Waals surface area (Å²) < 4.78 is 5.87. The summed E-state index contributed by atoms with van der Waals surface area (Å²) in [5.41, 5.74) is 3.25. The Balaban J connectivity index is 1.77. The Labute approximate surface area is 150 Å². The van der Waals surface area contributed by atoms with Gasteiger partial charge in [-0.15, -0.1) is 10.2 Å². The van der Waals surface area contributed by atoms with Crippen molar-refractivity contribution in [2.24, 2.45) is 0 Å². The van der Waals surface area contributed by atoms with Gasteiger partial charge in [0.15, 0.2) is 16.1 Å². The number of benzene rings is 2. The number of aryl methyl sites for hydroxylation is 1. The molecule has 3 aromatic rings. The van der Waals surface area contributed by atoms with Gasteiger partial charge in [-0.25, -0.2) is 0 Å². The van der Waals surface area contributed by atoms with Gasteiger partial charge in [0.05, 0.1) is 0 Å². The van der Waals surface area contributed by atoms with Gasteiger partial charge in [-0.2, -0.15) is 0 Å². The van der Waals surface area contributed by atoms with E-state index in [0.29, 0.717) is 18.0 Å². The van der Waals surface area contributed by atoms with E-state index in [4.69, 9.17) is 27.9 Å². The van der Waals surface area contributed by atoms with Crippen molar-refractivity contribution in [1.82, 2.24) is 10.2 Å². The Morgan fingerprint density at radius 3 is 2.50 bits per heavy atom. The number of ether oxygens (including phenoxy) is 1. The van der Waals surface area contributed by atoms with Crippen molar-refractivity contribution in [2.45, 2.75) is 13.5 Å². The maximum absolute atomic E-state index is 6.01. The molecule has 1 N–H and O–H groups in total. The molecule has 0 atom stereocenters. The van der Waals surface area contributed by atoms with Crippen LogP contribution in [0.25, 0.3) is 0 Å². The van der Waals surface area contributed by atoms with Crippen LogP contribution in [0.2, 0.25) is 10.3 Å². The Morgan fingerprint density at radius 2 is 1.71 bits per heavy atom. The fourth-order valence-electron chi connectivity index (χ4n) is 2.15. The fourth-order valence-corrected chi connectivity index (χ4v) is 2.41. The van der Waals surface area contributed by atoms with Crippen LogP contribution in [0.5, 0.6) is 11.5 Å². The highest BCUT2D eigenvalue weighted by Crippen LogP contribution is 2.31. The van der Waals surface area contributed by atoms with Gasteiger partial charge in [-0.05, 0) is 25.1 Å². The van der Waals surface area contributed by atoms with Crippen LogP contribution in [0.3, 0.4) is 0 Å². The average molecular weight is 360 g/mol. The maximum Gasteiger partial charge on any atom is 0.194 e. The van der Waals surface area contributed by atoms with Gasteiger partial charge < -0.3 is 10.1 Å². The zero-order chi connectivity index (χ0) is 16.9. The molecule has 0 bridgehead atoms. The lowest BCUT2D eigenvalue weighted by Crippen LogP contribution is -2.01. The molecule has 0 aliphatic carbocycles. The third kappa shape index (κ3) is 4.16. The molecule has 24 heavy (non-hydrogen) atoms. The molecule has 3 rings (SSSR count). The van der Waals surface area contributed by atoms with Crippen LogP contribution >= 0.6 is 23.2 Å². The van der Waals surface area contributed by atoms with Crippen LogP contribution in [-0.4, -0.2) is 10.2 Å². The predicted molar refractivity (Wildman–Crippen MR) is 97.1 cm³/mol. The number of halogens is 2. The molecular formula is C18H15Cl2N3O. The van der Waals surface area contributed by atoms with Crippen LogP contribution in [0.1, 0.15) is 11.1 Å². The predicted octanol–water partition coefficient (Wildman–Crippen LogP) is 5.50. The highest BCUT2D eigenvalue weighted by molar-refractivity contribution is 6.32. The molecule has 0 fully saturated rings. The summed E-state index contributed by atoms with van der Waals surface area (Å²) in [5.74, 6) is 1.06. The molecule has 0 unspecified atom stereocenters. The van der Waals surface area contributed by atoms with Crippen LogP contribution in [0, 0.1) is 6.92 Å². The summed E-state index contributed by atoms with van der Waals surface area (Å²) >= 11 is 11.9. The molecule has 122 valence electrons. The van der Waals surface area contributed by atoms with Crippen molar-refractivity contribution in [1.29, 1.82) is 0 Å². The summed E-state index contributed by atoms with van der Waals surface area (Å²) in [4.78, 5) is 0. The van der Waals surface area contributed by atoms with Crippen LogP contribution < -0.4 is 10.1 Å². The molecule has 0 aliphatic heterocycles. The number of aromatic nitrogens is 2. The lowest BCUT2D eigenvalue weighted by molar-refractivity contribution is 0.473. The summed E-state index contributed by atoms with van der Waals surface area (Å²) in [5, 5.41) is 11.2. The monoisotopic (exact) mass is 359 g/mol. The minimum absolute atomic E-state index is 0.167. The maximum atomic E-state index is 6.01. The number of nitrogens with zero attached hydrogens (tertiary/aromatic N) is 2. The second-order valence-corrected chi connectivity index (χ2v) is 6.00. The summed E-state index contributed by atoms with van der Waals surface area (Å²) in [6, 6.07) is 17.5. The number of para-hydroxylation sites is 1. The topological polar surface area (TPSA) is 47.0 Å². The van der Waals surface area contributed by atoms with Gasteiger partial charge in [0.25, 0.3) is 0 Å². The van der Waals surface area contributed by atoms with Crippen LogP contribution in [0.4, 0.5) is 5.69 Å². The molecule has 0 spiro atoms. The second-order valence-electron chi connectivity index (χ2n) is 5.25. The molecule has 4 nitrogen and oxygen atoms in total. The molecule has 0 saturated carbocycles. The van der Waals surface area contributed by atoms with E-state index < -0.39 is 0 Å². The Bertz CT molecular complexity index is 838. The molecule has 2 aromatic carbocycles. The summed E-state index contributed by atoms with van der Waals surface area (Å²) in [7, 11) is 0. The SMILES string of the molecule is Cc1ccc(NCc2ccccc2Oc2cc(Cl)nnc2Cl)cc1. The van der Waals surface area contributed by atoms with Gasteiger partial charge in [-0.1, -0.05) is 59.1 Å². The fraction of sp³-hybridized carbons (Fsp3) is 0.111. The molecule has 0 amide bonds. The Kier molecular flexibility index (Phi) is 5.18. The van der Waals surface area contributed by atoms with Gasteiger partial charge in [0, 0.05) is 23.9 Å². The first-order valence-corrected chi connectivity index (χ1v) is 8.12. The quantitative estimate of drug-likeness (QED) is 0.653. The standard InChI is InChI=1S/C18H15Cl2N3O/c1-12-6-8-14(9-7-12)21-11-13-4-2-3-5-15(13)24-16-10-17(19)22-23-18(16)20/h2-10,21H,11H2,1H3. The van der Waals surface area contributed by atoms with Gasteiger partial charge >= 0.3 is 0 Å². The summed E-state index contributed by atoms with van der Waals surface area (Å²) in [6.07, 6.45) is 0. The van der Waals surface area contributed by atoms with E-state index in [1.54, 1.807) is 6.07 Å². The van der Waals surface area contributed by atoms with Crippen molar-refractivity contribution >= 4 is 28.9 Å². The largest absolute Gasteiger partial charge is 0.454 e. The van der Waals surface area contributed by atoms with Gasteiger partial charge in [0.1, 0.15) is 5.75 Å². The van der Waals surface area contributed by atoms with Crippen LogP contribution in [-0.2, 0) is 6.54 Å². The number of nitrogens with one attached hydrogen (secondary N) is 1. The van der Waals surface area contributed by atoms with E-state index in [2.05, 4.69) is 34.6 Å². The van der Waals surface area contributed by atoms with Crippen molar-refractivity contribution in [3.8, 4) is 11.5 Å². The van der Waals surface area contributed by atoms with Crippen molar-refractivity contribution < 1.29 is 4.74 Å². The second kappa shape index (κ2) is 7.51. The van der Waals surface area contributed by atoms with Crippen molar-refractivity contribution in [3.05, 3.63) is 76.0 Å². The first kappa shape index (κ1) is 16.6. The lowest BCUT2D eigenvalue weighted by Gasteiger charge is -2.13. The van der Waals surface area contributed by atoms with Gasteiger partial charge in [0.2, 0.25) is 0 Å². The van der Waals surface area contributed by atoms with Gasteiger partial charge in [-0.3, -0.25) is 0 Å². The number of rotatable bonds is 5. The molecule has 6 heteroatoms. The zero-order valence-corrected chi connectivity index (χ0v) is 14.5. The number of anilines is 1. The number of hydrogen-bond donors (Lipinski definition) is 1. The highest BCUT2D eigenvalue weighted by Gasteiger charge is 2.10. The zero-order valence-electron chi connectivity index (χ0n) is 13.0. The lowest BCUT2D eigenvalue weighted by atomic mass is 10.2. The van der Waals surface area contributed by atoms with Crippen LogP contribution in [0.15, 0.2) is 54.6 Å². The average Bonchev–Trinajstić information content (AvgIpc) is 2.59. The highest BCUT2D eigenvalue weighted by atomic mass is 35.5. The first-order valence-electron chi connectivity index (χ1n) is 7.37. The first-order chi connectivity index (χ1) is 11.6. The van der Waals surface area contributed by atoms with E-state index >= 15 is 0 Å². The van der Waals surface area contributed by atoms with E-state index in [9.17, 15) is 0 Å². The Morgan fingerprint density at radius 1 is 0.958 bits per heavy atom. The van der Waals surface area contributed by atoms with E-state index in [1.807, 2.05) is 36.4 Å². The third-order valence-electron chi connectivity index (χ3n) is 3.41. The van der Waals surface area contributed by atoms with E-state index in [-0.39, 0.29) is 10.3 Å². The smallest absolute Gasteiger partial charge is 0.194 e. The molecular weight excluding hydrogens is 345 g/mol. The normalized spacial score (nSPS) is 10.5. The molecule has 0 radical (unpaired) electrons. The van der Waals surface area contributed by atoms with Crippen molar-refractivity contribution in [3.63, 3.8) is 0 Å². The molecule has 0 saturated heterocycles. The van der Waals surface area contributed by atoms with E-state index in [0.717, 1.165) is 11.3 Å². The van der Waals surface area contributed by atoms with Crippen molar-refractivity contribution in [2.75, 3.05) is 5.32 Å². The third-order valence-corrected chi connectivity index (χ3v) is 3.86. The molecule has 1 heterocycles. The van der Waals surface area contributed by atoms with E-state index in [1.165, 1.54) is 5.56 Å². The molecule has 1 aromatic heterocycles. The minimum atomic E-state index is 0.167. The number of hydrogen-bond acceptors (Lipinski definition) is 4.